The number of piperazine rings is 1. The molecule has 0 spiro atoms. The zero-order chi connectivity index (χ0) is 14.5. The summed E-state index contributed by atoms with van der Waals surface area (Å²) in [6, 6.07) is 2.34. The molecular formula is C18H36N2. The third kappa shape index (κ3) is 3.98. The van der Waals surface area contributed by atoms with Gasteiger partial charge in [0, 0.05) is 31.2 Å². The van der Waals surface area contributed by atoms with E-state index in [0.29, 0.717) is 6.04 Å². The lowest BCUT2D eigenvalue weighted by molar-refractivity contribution is 0.0568. The minimum Gasteiger partial charge on any atom is -0.311 e. The van der Waals surface area contributed by atoms with E-state index in [1.807, 2.05) is 0 Å². The smallest absolute Gasteiger partial charge is 0.0221 e. The predicted molar refractivity (Wildman–Crippen MR) is 88.1 cm³/mol. The molecule has 1 aliphatic heterocycles. The number of rotatable bonds is 4. The zero-order valence-electron chi connectivity index (χ0n) is 14.2. The van der Waals surface area contributed by atoms with E-state index in [2.05, 4.69) is 37.9 Å². The Bertz CT molecular complexity index is 279. The van der Waals surface area contributed by atoms with Crippen LogP contribution in [0.3, 0.4) is 0 Å². The fraction of sp³-hybridized carbons (Fsp3) is 1.00. The van der Waals surface area contributed by atoms with Gasteiger partial charge in [-0.25, -0.2) is 0 Å². The van der Waals surface area contributed by atoms with Crippen molar-refractivity contribution in [3.63, 3.8) is 0 Å². The first kappa shape index (κ1) is 16.3. The Morgan fingerprint density at radius 2 is 1.95 bits per heavy atom. The van der Waals surface area contributed by atoms with Gasteiger partial charge in [-0.1, -0.05) is 47.0 Å². The van der Waals surface area contributed by atoms with Crippen molar-refractivity contribution in [1.82, 2.24) is 10.2 Å². The van der Waals surface area contributed by atoms with E-state index >= 15 is 0 Å². The molecule has 0 radical (unpaired) electrons. The summed E-state index contributed by atoms with van der Waals surface area (Å²) in [7, 11) is 0. The highest BCUT2D eigenvalue weighted by molar-refractivity contribution is 4.91. The minimum atomic E-state index is 0.712. The van der Waals surface area contributed by atoms with Gasteiger partial charge in [-0.3, -0.25) is 4.90 Å². The lowest BCUT2D eigenvalue weighted by Crippen LogP contribution is -2.60. The van der Waals surface area contributed by atoms with Crippen molar-refractivity contribution >= 4 is 0 Å². The van der Waals surface area contributed by atoms with Gasteiger partial charge in [-0.2, -0.15) is 0 Å². The molecular weight excluding hydrogens is 244 g/mol. The van der Waals surface area contributed by atoms with Gasteiger partial charge < -0.3 is 5.32 Å². The third-order valence-corrected chi connectivity index (χ3v) is 5.99. The second-order valence-electron chi connectivity index (χ2n) is 7.43. The quantitative estimate of drug-likeness (QED) is 0.781. The molecule has 0 aromatic rings. The number of hydrogen-bond acceptors (Lipinski definition) is 2. The summed E-state index contributed by atoms with van der Waals surface area (Å²) < 4.78 is 0. The van der Waals surface area contributed by atoms with Crippen LogP contribution in [-0.2, 0) is 0 Å². The Balaban J connectivity index is 2.00. The molecule has 5 atom stereocenters. The molecule has 0 amide bonds. The van der Waals surface area contributed by atoms with Crippen LogP contribution in [0, 0.1) is 11.8 Å². The first-order valence-electron chi connectivity index (χ1n) is 9.14. The molecule has 5 unspecified atom stereocenters. The van der Waals surface area contributed by atoms with Gasteiger partial charge in [-0.15, -0.1) is 0 Å². The Hall–Kier alpha value is -0.0800. The van der Waals surface area contributed by atoms with Crippen molar-refractivity contribution in [2.45, 2.75) is 90.8 Å². The average molecular weight is 280 g/mol. The molecule has 1 saturated carbocycles. The molecule has 0 aromatic heterocycles. The van der Waals surface area contributed by atoms with E-state index in [1.54, 1.807) is 0 Å². The zero-order valence-corrected chi connectivity index (χ0v) is 14.2. The summed E-state index contributed by atoms with van der Waals surface area (Å²) in [5.74, 6) is 1.76. The second kappa shape index (κ2) is 7.79. The van der Waals surface area contributed by atoms with Crippen molar-refractivity contribution in [2.24, 2.45) is 11.8 Å². The van der Waals surface area contributed by atoms with Crippen molar-refractivity contribution in [1.29, 1.82) is 0 Å². The van der Waals surface area contributed by atoms with Gasteiger partial charge in [-0.05, 0) is 37.5 Å². The minimum absolute atomic E-state index is 0.712. The maximum absolute atomic E-state index is 3.82. The van der Waals surface area contributed by atoms with Gasteiger partial charge in [0.2, 0.25) is 0 Å². The van der Waals surface area contributed by atoms with Crippen LogP contribution in [0.5, 0.6) is 0 Å². The molecule has 2 nitrogen and oxygen atoms in total. The van der Waals surface area contributed by atoms with Crippen LogP contribution in [0.2, 0.25) is 0 Å². The molecule has 2 heteroatoms. The van der Waals surface area contributed by atoms with E-state index in [-0.39, 0.29) is 0 Å². The Morgan fingerprint density at radius 1 is 1.15 bits per heavy atom. The molecule has 0 bridgehead atoms. The summed E-state index contributed by atoms with van der Waals surface area (Å²) in [4.78, 5) is 2.89. The average Bonchev–Trinajstić information content (AvgIpc) is 2.70. The van der Waals surface area contributed by atoms with Crippen LogP contribution in [0.25, 0.3) is 0 Å². The Labute approximate surface area is 126 Å². The van der Waals surface area contributed by atoms with E-state index in [4.69, 9.17) is 0 Å². The standard InChI is InChI=1S/C18H36N2/c1-5-15(4)18-13-20(16(6-2)12-19-18)17-9-7-8-14(3)10-11-17/h14-19H,5-13H2,1-4H3. The molecule has 2 fully saturated rings. The first-order chi connectivity index (χ1) is 9.65. The highest BCUT2D eigenvalue weighted by atomic mass is 15.3. The van der Waals surface area contributed by atoms with Crippen LogP contribution in [0.15, 0.2) is 0 Å². The monoisotopic (exact) mass is 280 g/mol. The van der Waals surface area contributed by atoms with Gasteiger partial charge in [0.05, 0.1) is 0 Å². The fourth-order valence-electron chi connectivity index (χ4n) is 4.14. The maximum Gasteiger partial charge on any atom is 0.0221 e. The summed E-state index contributed by atoms with van der Waals surface area (Å²) in [6.45, 7) is 12.0. The fourth-order valence-corrected chi connectivity index (χ4v) is 4.14. The number of nitrogens with zero attached hydrogens (tertiary/aromatic N) is 1. The predicted octanol–water partition coefficient (Wildman–Crippen LogP) is 4.05. The molecule has 1 aliphatic carbocycles. The second-order valence-corrected chi connectivity index (χ2v) is 7.43. The van der Waals surface area contributed by atoms with E-state index in [0.717, 1.165) is 23.9 Å². The topological polar surface area (TPSA) is 15.3 Å². The highest BCUT2D eigenvalue weighted by Gasteiger charge is 2.33. The van der Waals surface area contributed by atoms with Crippen molar-refractivity contribution in [2.75, 3.05) is 13.1 Å². The lowest BCUT2D eigenvalue weighted by Gasteiger charge is -2.46. The van der Waals surface area contributed by atoms with Crippen LogP contribution in [0.1, 0.15) is 72.6 Å². The molecule has 2 aliphatic rings. The summed E-state index contributed by atoms with van der Waals surface area (Å²) >= 11 is 0. The molecule has 1 saturated heterocycles. The van der Waals surface area contributed by atoms with Gasteiger partial charge in [0.25, 0.3) is 0 Å². The van der Waals surface area contributed by atoms with E-state index < -0.39 is 0 Å². The third-order valence-electron chi connectivity index (χ3n) is 5.99. The first-order valence-corrected chi connectivity index (χ1v) is 9.14. The lowest BCUT2D eigenvalue weighted by atomic mass is 9.92. The largest absolute Gasteiger partial charge is 0.311 e. The Kier molecular flexibility index (Phi) is 6.35. The summed E-state index contributed by atoms with van der Waals surface area (Å²) in [5, 5.41) is 3.82. The van der Waals surface area contributed by atoms with Crippen LogP contribution < -0.4 is 5.32 Å². The molecule has 118 valence electrons. The van der Waals surface area contributed by atoms with Crippen molar-refractivity contribution in [3.05, 3.63) is 0 Å². The molecule has 20 heavy (non-hydrogen) atoms. The van der Waals surface area contributed by atoms with E-state index in [9.17, 15) is 0 Å². The number of nitrogens with one attached hydrogen (secondary N) is 1. The summed E-state index contributed by atoms with van der Waals surface area (Å²) in [5.41, 5.74) is 0. The SMILES string of the molecule is CCC(C)C1CN(C2CCCC(C)CC2)C(CC)CN1. The van der Waals surface area contributed by atoms with E-state index in [1.165, 1.54) is 58.0 Å². The number of hydrogen-bond donors (Lipinski definition) is 1. The van der Waals surface area contributed by atoms with Crippen LogP contribution in [0.4, 0.5) is 0 Å². The molecule has 0 aromatic carbocycles. The van der Waals surface area contributed by atoms with Crippen LogP contribution in [-0.4, -0.2) is 36.1 Å². The van der Waals surface area contributed by atoms with Crippen LogP contribution >= 0.6 is 0 Å². The summed E-state index contributed by atoms with van der Waals surface area (Å²) in [6.07, 6.45) is 9.81. The molecule has 1 N–H and O–H groups in total. The van der Waals surface area contributed by atoms with Gasteiger partial charge in [0.15, 0.2) is 0 Å². The maximum atomic E-state index is 3.82. The van der Waals surface area contributed by atoms with Crippen molar-refractivity contribution < 1.29 is 0 Å². The molecule has 1 heterocycles. The normalized spacial score (nSPS) is 38.4. The van der Waals surface area contributed by atoms with Gasteiger partial charge >= 0.3 is 0 Å². The molecule has 2 rings (SSSR count). The van der Waals surface area contributed by atoms with Gasteiger partial charge in [0.1, 0.15) is 0 Å². The Morgan fingerprint density at radius 3 is 2.65 bits per heavy atom. The highest BCUT2D eigenvalue weighted by Crippen LogP contribution is 2.29. The van der Waals surface area contributed by atoms with Crippen molar-refractivity contribution in [3.8, 4) is 0 Å².